The molecule has 1 saturated heterocycles. The number of hydrogen-bond acceptors (Lipinski definition) is 2. The number of nitrogens with zero attached hydrogens (tertiary/aromatic N) is 1. The zero-order valence-electron chi connectivity index (χ0n) is 20.0. The number of carbonyl (C=O) groups is 1. The molecule has 3 N–H and O–H groups in total. The van der Waals surface area contributed by atoms with Crippen molar-refractivity contribution in [2.75, 3.05) is 13.6 Å². The fraction of sp³-hybridized carbons (Fsp3) is 0.345. The van der Waals surface area contributed by atoms with E-state index in [0.717, 1.165) is 23.0 Å². The minimum Gasteiger partial charge on any atom is -0.385 e. The molecule has 0 bridgehead atoms. The summed E-state index contributed by atoms with van der Waals surface area (Å²) in [4.78, 5) is 11.5. The number of aliphatic hydroxyl groups is 1. The Morgan fingerprint density at radius 3 is 2.17 bits per heavy atom. The van der Waals surface area contributed by atoms with Crippen LogP contribution in [0.5, 0.6) is 0 Å². The van der Waals surface area contributed by atoms with Gasteiger partial charge in [0.25, 0.3) is 0 Å². The summed E-state index contributed by atoms with van der Waals surface area (Å²) in [5.74, 6) is -0.294. The highest BCUT2D eigenvalue weighted by atomic mass is 35.5. The Morgan fingerprint density at radius 2 is 1.63 bits per heavy atom. The highest BCUT2D eigenvalue weighted by Crippen LogP contribution is 2.47. The first-order valence-electron chi connectivity index (χ1n) is 12.1. The van der Waals surface area contributed by atoms with E-state index in [1.807, 2.05) is 18.2 Å². The zero-order chi connectivity index (χ0) is 25.1. The second-order valence-corrected chi connectivity index (χ2v) is 10.7. The Morgan fingerprint density at radius 1 is 1.03 bits per heavy atom. The number of piperidine rings is 1. The van der Waals surface area contributed by atoms with Crippen LogP contribution >= 0.6 is 23.2 Å². The summed E-state index contributed by atoms with van der Waals surface area (Å²) in [6.45, 7) is 0.756. The molecule has 0 aromatic heterocycles. The highest BCUT2D eigenvalue weighted by Gasteiger charge is 2.51. The van der Waals surface area contributed by atoms with Crippen LogP contribution in [0, 0.1) is 0 Å². The molecule has 1 amide bonds. The second kappa shape index (κ2) is 10.7. The Kier molecular flexibility index (Phi) is 7.87. The zero-order valence-corrected chi connectivity index (χ0v) is 21.6. The molecule has 0 saturated carbocycles. The van der Waals surface area contributed by atoms with Crippen molar-refractivity contribution in [3.8, 4) is 0 Å². The van der Waals surface area contributed by atoms with Crippen LogP contribution in [0.2, 0.25) is 10.0 Å². The topological polar surface area (TPSA) is 63.3 Å². The van der Waals surface area contributed by atoms with Crippen molar-refractivity contribution in [3.05, 3.63) is 106 Å². The first kappa shape index (κ1) is 25.7. The summed E-state index contributed by atoms with van der Waals surface area (Å²) < 4.78 is 0.733. The molecule has 0 spiro atoms. The van der Waals surface area contributed by atoms with Crippen LogP contribution in [-0.4, -0.2) is 35.1 Å². The van der Waals surface area contributed by atoms with Gasteiger partial charge in [0.1, 0.15) is 11.6 Å². The summed E-state index contributed by atoms with van der Waals surface area (Å²) >= 11 is 12.5. The van der Waals surface area contributed by atoms with Gasteiger partial charge >= 0.3 is 0 Å². The monoisotopic (exact) mass is 511 g/mol. The van der Waals surface area contributed by atoms with Crippen LogP contribution in [0.15, 0.2) is 78.9 Å². The smallest absolute Gasteiger partial charge is 0.217 e. The van der Waals surface area contributed by atoms with Crippen molar-refractivity contribution in [1.82, 2.24) is 0 Å². The average Bonchev–Trinajstić information content (AvgIpc) is 2.84. The van der Waals surface area contributed by atoms with E-state index < -0.39 is 5.60 Å². The first-order valence-corrected chi connectivity index (χ1v) is 12.9. The Hall–Kier alpha value is -2.37. The van der Waals surface area contributed by atoms with Crippen molar-refractivity contribution in [2.45, 2.75) is 49.8 Å². The van der Waals surface area contributed by atoms with E-state index in [4.69, 9.17) is 28.9 Å². The Labute approximate surface area is 217 Å². The van der Waals surface area contributed by atoms with E-state index in [9.17, 15) is 9.90 Å². The van der Waals surface area contributed by atoms with E-state index in [0.29, 0.717) is 35.7 Å². The predicted molar refractivity (Wildman–Crippen MR) is 142 cm³/mol. The fourth-order valence-corrected chi connectivity index (χ4v) is 6.05. The van der Waals surface area contributed by atoms with Crippen molar-refractivity contribution in [2.24, 2.45) is 5.73 Å². The number of amides is 1. The number of hydrogen-bond donors (Lipinski definition) is 2. The summed E-state index contributed by atoms with van der Waals surface area (Å²) in [6.07, 6.45) is 2.93. The lowest BCUT2D eigenvalue weighted by molar-refractivity contribution is -0.964. The van der Waals surface area contributed by atoms with Crippen molar-refractivity contribution < 1.29 is 14.4 Å². The molecule has 0 aliphatic carbocycles. The van der Waals surface area contributed by atoms with Crippen LogP contribution in [0.1, 0.15) is 54.8 Å². The van der Waals surface area contributed by atoms with Gasteiger partial charge in [0.2, 0.25) is 5.91 Å². The number of quaternary nitrogens is 1. The molecule has 1 heterocycles. The summed E-state index contributed by atoms with van der Waals surface area (Å²) in [6, 6.07) is 26.7. The molecule has 1 fully saturated rings. The maximum Gasteiger partial charge on any atom is 0.217 e. The van der Waals surface area contributed by atoms with Gasteiger partial charge in [-0.05, 0) is 24.1 Å². The molecule has 0 radical (unpaired) electrons. The first-order chi connectivity index (χ1) is 16.7. The second-order valence-electron chi connectivity index (χ2n) is 9.92. The van der Waals surface area contributed by atoms with Gasteiger partial charge in [0, 0.05) is 36.8 Å². The van der Waals surface area contributed by atoms with Crippen LogP contribution < -0.4 is 5.73 Å². The van der Waals surface area contributed by atoms with E-state index in [2.05, 4.69) is 55.6 Å². The van der Waals surface area contributed by atoms with Gasteiger partial charge in [0.15, 0.2) is 0 Å². The lowest BCUT2D eigenvalue weighted by Crippen LogP contribution is -2.61. The molecule has 3 aromatic carbocycles. The fourth-order valence-electron chi connectivity index (χ4n) is 5.75. The summed E-state index contributed by atoms with van der Waals surface area (Å²) in [5, 5.41) is 12.8. The highest BCUT2D eigenvalue weighted by molar-refractivity contribution is 6.42. The molecule has 35 heavy (non-hydrogen) atoms. The number of nitrogens with two attached hydrogens (primary N) is 1. The molecule has 4 rings (SSSR count). The normalized spacial score (nSPS) is 24.4. The number of primary amides is 1. The van der Waals surface area contributed by atoms with E-state index in [1.54, 1.807) is 12.1 Å². The van der Waals surface area contributed by atoms with Gasteiger partial charge in [-0.2, -0.15) is 0 Å². The van der Waals surface area contributed by atoms with Crippen molar-refractivity contribution in [3.63, 3.8) is 0 Å². The molecule has 3 aromatic rings. The lowest BCUT2D eigenvalue weighted by atomic mass is 9.76. The van der Waals surface area contributed by atoms with E-state index in [-0.39, 0.29) is 18.0 Å². The molecule has 1 aliphatic rings. The van der Waals surface area contributed by atoms with Crippen LogP contribution in [-0.2, 0) is 10.4 Å². The molecule has 3 unspecified atom stereocenters. The average molecular weight is 513 g/mol. The quantitative estimate of drug-likeness (QED) is 0.351. The van der Waals surface area contributed by atoms with Gasteiger partial charge in [-0.15, -0.1) is 0 Å². The minimum atomic E-state index is -1.03. The third-order valence-electron chi connectivity index (χ3n) is 7.65. The summed E-state index contributed by atoms with van der Waals surface area (Å²) in [5.41, 5.74) is 7.71. The number of rotatable bonds is 8. The van der Waals surface area contributed by atoms with E-state index >= 15 is 0 Å². The largest absolute Gasteiger partial charge is 0.385 e. The maximum absolute atomic E-state index is 11.9. The molecule has 3 atom stereocenters. The molecule has 184 valence electrons. The molecular formula is C29H33Cl2N2O2+. The Bertz CT molecular complexity index is 1120. The van der Waals surface area contributed by atoms with Gasteiger partial charge < -0.3 is 15.3 Å². The third kappa shape index (κ3) is 5.57. The maximum atomic E-state index is 11.9. The van der Waals surface area contributed by atoms with Crippen LogP contribution in [0.25, 0.3) is 0 Å². The predicted octanol–water partition coefficient (Wildman–Crippen LogP) is 6.24. The van der Waals surface area contributed by atoms with Gasteiger partial charge in [-0.25, -0.2) is 0 Å². The number of carbonyl (C=O) groups excluding carboxylic acids is 1. The van der Waals surface area contributed by atoms with Crippen LogP contribution in [0.3, 0.4) is 0 Å². The molecular weight excluding hydrogens is 479 g/mol. The van der Waals surface area contributed by atoms with Gasteiger partial charge in [-0.1, -0.05) is 89.9 Å². The number of halogens is 2. The summed E-state index contributed by atoms with van der Waals surface area (Å²) in [7, 11) is 2.29. The molecule has 4 nitrogen and oxygen atoms in total. The Balaban J connectivity index is 1.75. The third-order valence-corrected chi connectivity index (χ3v) is 8.39. The van der Waals surface area contributed by atoms with Crippen molar-refractivity contribution >= 4 is 29.1 Å². The standard InChI is InChI=1S/C29H32Cl2N2O2/c1-33(28(21-9-4-2-5-10-21)22-11-6-3-7-12-22)18-17-29(35,20-24(33)13-8-14-27(32)34)23-15-16-25(30)26(31)19-23/h2-7,9-12,15-16,19,24,28,35H,8,13-14,17-18,20H2,1H3,(H-,32,34)/p+1. The van der Waals surface area contributed by atoms with Gasteiger partial charge in [-0.3, -0.25) is 4.79 Å². The van der Waals surface area contributed by atoms with Crippen LogP contribution in [0.4, 0.5) is 0 Å². The van der Waals surface area contributed by atoms with E-state index in [1.165, 1.54) is 11.1 Å². The number of likely N-dealkylation sites (tertiary alicyclic amines) is 1. The SMILES string of the molecule is C[N+]1(C(c2ccccc2)c2ccccc2)CCC(O)(c2ccc(Cl)c(Cl)c2)CC1CCCC(N)=O. The van der Waals surface area contributed by atoms with Crippen molar-refractivity contribution in [1.29, 1.82) is 0 Å². The number of benzene rings is 3. The lowest BCUT2D eigenvalue weighted by Gasteiger charge is -2.54. The minimum absolute atomic E-state index is 0.0907. The molecule has 1 aliphatic heterocycles. The molecule has 6 heteroatoms. The van der Waals surface area contributed by atoms with Gasteiger partial charge in [0.05, 0.1) is 29.7 Å².